The molecule has 0 aliphatic rings. The molecule has 94 valence electrons. The summed E-state index contributed by atoms with van der Waals surface area (Å²) in [5, 5.41) is 14.1. The van der Waals surface area contributed by atoms with Crippen molar-refractivity contribution < 1.29 is 4.92 Å². The lowest BCUT2D eigenvalue weighted by Crippen LogP contribution is -2.23. The van der Waals surface area contributed by atoms with E-state index in [1.165, 1.54) is 0 Å². The Labute approximate surface area is 102 Å². The summed E-state index contributed by atoms with van der Waals surface area (Å²) in [6, 6.07) is 5.42. The zero-order valence-electron chi connectivity index (χ0n) is 10.6. The molecule has 5 nitrogen and oxygen atoms in total. The molecule has 0 radical (unpaired) electrons. The molecule has 0 saturated heterocycles. The van der Waals surface area contributed by atoms with E-state index < -0.39 is 0 Å². The van der Waals surface area contributed by atoms with Crippen molar-refractivity contribution in [1.82, 2.24) is 5.32 Å². The first-order chi connectivity index (χ1) is 8.07. The molecule has 0 atom stereocenters. The number of aryl methyl sites for hydroxylation is 1. The summed E-state index contributed by atoms with van der Waals surface area (Å²) in [5.74, 6) is 0. The number of hydrogen-bond donors (Lipinski definition) is 1. The highest BCUT2D eigenvalue weighted by atomic mass is 16.6. The first-order valence-corrected chi connectivity index (χ1v) is 5.67. The number of nitro groups is 1. The maximum Gasteiger partial charge on any atom is 0.295 e. The molecule has 17 heavy (non-hydrogen) atoms. The summed E-state index contributed by atoms with van der Waals surface area (Å²) in [4.78, 5) is 12.7. The first kappa shape index (κ1) is 13.4. The molecule has 1 aromatic rings. The molecule has 0 aliphatic heterocycles. The Hall–Kier alpha value is -1.62. The molecule has 5 heteroatoms. The predicted octanol–water partition coefficient (Wildman–Crippen LogP) is 1.95. The fourth-order valence-corrected chi connectivity index (χ4v) is 1.80. The van der Waals surface area contributed by atoms with Crippen LogP contribution in [0.5, 0.6) is 0 Å². The number of nitrogens with zero attached hydrogens (tertiary/aromatic N) is 2. The fraction of sp³-hybridized carbons (Fsp3) is 0.500. The van der Waals surface area contributed by atoms with Crippen molar-refractivity contribution in [2.75, 3.05) is 32.1 Å². The minimum absolute atomic E-state index is 0.208. The second-order valence-corrected chi connectivity index (χ2v) is 4.08. The van der Waals surface area contributed by atoms with Crippen LogP contribution in [-0.2, 0) is 0 Å². The van der Waals surface area contributed by atoms with Crippen LogP contribution in [0, 0.1) is 17.0 Å². The Balaban J connectivity index is 2.89. The summed E-state index contributed by atoms with van der Waals surface area (Å²) >= 11 is 0. The lowest BCUT2D eigenvalue weighted by molar-refractivity contribution is -0.384. The molecule has 0 spiro atoms. The third-order valence-electron chi connectivity index (χ3n) is 2.73. The highest BCUT2D eigenvalue weighted by Gasteiger charge is 2.19. The number of para-hydroxylation sites is 1. The van der Waals surface area contributed by atoms with Crippen LogP contribution in [0.25, 0.3) is 0 Å². The molecule has 0 aliphatic carbocycles. The van der Waals surface area contributed by atoms with Gasteiger partial charge in [-0.05, 0) is 33.0 Å². The second-order valence-electron chi connectivity index (χ2n) is 4.08. The van der Waals surface area contributed by atoms with Gasteiger partial charge in [0, 0.05) is 19.2 Å². The van der Waals surface area contributed by atoms with E-state index in [4.69, 9.17) is 0 Å². The van der Waals surface area contributed by atoms with Gasteiger partial charge in [0.1, 0.15) is 5.69 Å². The lowest BCUT2D eigenvalue weighted by atomic mass is 10.1. The topological polar surface area (TPSA) is 58.4 Å². The minimum Gasteiger partial charge on any atom is -0.369 e. The van der Waals surface area contributed by atoms with Crippen LogP contribution in [0.15, 0.2) is 18.2 Å². The van der Waals surface area contributed by atoms with Gasteiger partial charge in [0.05, 0.1) is 4.92 Å². The normalized spacial score (nSPS) is 10.3. The smallest absolute Gasteiger partial charge is 0.295 e. The van der Waals surface area contributed by atoms with Gasteiger partial charge in [-0.15, -0.1) is 0 Å². The van der Waals surface area contributed by atoms with Gasteiger partial charge in [0.15, 0.2) is 0 Å². The van der Waals surface area contributed by atoms with Crippen molar-refractivity contribution in [2.45, 2.75) is 13.3 Å². The van der Waals surface area contributed by atoms with Crippen molar-refractivity contribution in [3.8, 4) is 0 Å². The van der Waals surface area contributed by atoms with E-state index in [1.54, 1.807) is 19.1 Å². The van der Waals surface area contributed by atoms with Crippen molar-refractivity contribution in [3.05, 3.63) is 33.9 Å². The van der Waals surface area contributed by atoms with Gasteiger partial charge in [0.25, 0.3) is 5.69 Å². The number of rotatable bonds is 6. The average Bonchev–Trinajstić information content (AvgIpc) is 2.28. The van der Waals surface area contributed by atoms with Crippen LogP contribution in [0.4, 0.5) is 11.4 Å². The summed E-state index contributed by atoms with van der Waals surface area (Å²) in [6.07, 6.45) is 0.956. The summed E-state index contributed by atoms with van der Waals surface area (Å²) in [5.41, 5.74) is 1.60. The molecule has 0 amide bonds. The third kappa shape index (κ3) is 3.42. The standard InChI is InChI=1S/C12H19N3O2/c1-10-6-4-7-11(12(10)15(16)17)14(3)9-5-8-13-2/h4,6-7,13H,5,8-9H2,1-3H3. The van der Waals surface area contributed by atoms with E-state index in [-0.39, 0.29) is 10.6 Å². The fourth-order valence-electron chi connectivity index (χ4n) is 1.80. The van der Waals surface area contributed by atoms with Crippen LogP contribution in [-0.4, -0.2) is 32.1 Å². The number of nitro benzene ring substituents is 1. The highest BCUT2D eigenvalue weighted by molar-refractivity contribution is 5.66. The molecular weight excluding hydrogens is 218 g/mol. The van der Waals surface area contributed by atoms with Gasteiger partial charge in [-0.3, -0.25) is 10.1 Å². The van der Waals surface area contributed by atoms with Gasteiger partial charge < -0.3 is 10.2 Å². The van der Waals surface area contributed by atoms with Crippen LogP contribution in [0.1, 0.15) is 12.0 Å². The van der Waals surface area contributed by atoms with E-state index in [0.29, 0.717) is 11.3 Å². The van der Waals surface area contributed by atoms with E-state index in [1.807, 2.05) is 25.1 Å². The van der Waals surface area contributed by atoms with Gasteiger partial charge in [-0.2, -0.15) is 0 Å². The lowest BCUT2D eigenvalue weighted by Gasteiger charge is -2.19. The van der Waals surface area contributed by atoms with E-state index in [9.17, 15) is 10.1 Å². The van der Waals surface area contributed by atoms with Crippen LogP contribution in [0.3, 0.4) is 0 Å². The number of benzene rings is 1. The number of hydrogen-bond acceptors (Lipinski definition) is 4. The third-order valence-corrected chi connectivity index (χ3v) is 2.73. The quantitative estimate of drug-likeness (QED) is 0.467. The molecule has 1 N–H and O–H groups in total. The molecule has 0 aromatic heterocycles. The highest BCUT2D eigenvalue weighted by Crippen LogP contribution is 2.30. The summed E-state index contributed by atoms with van der Waals surface area (Å²) in [6.45, 7) is 3.47. The molecule has 0 bridgehead atoms. The summed E-state index contributed by atoms with van der Waals surface area (Å²) < 4.78 is 0. The van der Waals surface area contributed by atoms with Gasteiger partial charge in [-0.1, -0.05) is 12.1 Å². The number of nitrogens with one attached hydrogen (secondary N) is 1. The van der Waals surface area contributed by atoms with Crippen LogP contribution >= 0.6 is 0 Å². The molecule has 0 unspecified atom stereocenters. The predicted molar refractivity (Wildman–Crippen MR) is 69.6 cm³/mol. The number of anilines is 1. The monoisotopic (exact) mass is 237 g/mol. The molecule has 0 fully saturated rings. The largest absolute Gasteiger partial charge is 0.369 e. The van der Waals surface area contributed by atoms with E-state index >= 15 is 0 Å². The zero-order valence-corrected chi connectivity index (χ0v) is 10.6. The molecule has 0 heterocycles. The van der Waals surface area contributed by atoms with Crippen LogP contribution < -0.4 is 10.2 Å². The van der Waals surface area contributed by atoms with Crippen molar-refractivity contribution in [3.63, 3.8) is 0 Å². The van der Waals surface area contributed by atoms with Gasteiger partial charge in [0.2, 0.25) is 0 Å². The van der Waals surface area contributed by atoms with E-state index in [0.717, 1.165) is 19.5 Å². The second kappa shape index (κ2) is 6.20. The average molecular weight is 237 g/mol. The SMILES string of the molecule is CNCCCN(C)c1cccc(C)c1[N+](=O)[O-]. The minimum atomic E-state index is -0.306. The molecule has 1 aromatic carbocycles. The maximum atomic E-state index is 11.0. The van der Waals surface area contributed by atoms with Crippen LogP contribution in [0.2, 0.25) is 0 Å². The zero-order chi connectivity index (χ0) is 12.8. The maximum absolute atomic E-state index is 11.0. The van der Waals surface area contributed by atoms with Gasteiger partial charge in [-0.25, -0.2) is 0 Å². The first-order valence-electron chi connectivity index (χ1n) is 5.67. The van der Waals surface area contributed by atoms with Crippen molar-refractivity contribution in [2.24, 2.45) is 0 Å². The van der Waals surface area contributed by atoms with Crippen molar-refractivity contribution in [1.29, 1.82) is 0 Å². The van der Waals surface area contributed by atoms with E-state index in [2.05, 4.69) is 5.32 Å². The van der Waals surface area contributed by atoms with Gasteiger partial charge >= 0.3 is 0 Å². The molecule has 0 saturated carbocycles. The Morgan fingerprint density at radius 3 is 2.76 bits per heavy atom. The molecular formula is C12H19N3O2. The molecule has 1 rings (SSSR count). The Morgan fingerprint density at radius 2 is 2.18 bits per heavy atom. The summed E-state index contributed by atoms with van der Waals surface area (Å²) in [7, 11) is 3.78. The Kier molecular flexibility index (Phi) is 4.90. The van der Waals surface area contributed by atoms with Crippen molar-refractivity contribution >= 4 is 11.4 Å². The Morgan fingerprint density at radius 1 is 1.47 bits per heavy atom. The Bertz CT molecular complexity index is 393.